The molecule has 3 aromatic rings. The largest absolute Gasteiger partial charge is 0.312 e. The number of para-hydroxylation sites is 2. The number of imidazole rings is 1. The number of aromatic nitrogens is 3. The summed E-state index contributed by atoms with van der Waals surface area (Å²) in [7, 11) is 0. The first-order valence-corrected chi connectivity index (χ1v) is 6.14. The molecule has 0 fully saturated rings. The number of hydrogen-bond acceptors (Lipinski definition) is 4. The third kappa shape index (κ3) is 1.82. The molecule has 0 N–H and O–H groups in total. The molecule has 20 heavy (non-hydrogen) atoms. The van der Waals surface area contributed by atoms with Crippen molar-refractivity contribution in [2.45, 2.75) is 13.8 Å². The van der Waals surface area contributed by atoms with Gasteiger partial charge in [0.1, 0.15) is 5.82 Å². The van der Waals surface area contributed by atoms with Crippen LogP contribution in [0, 0.1) is 24.0 Å². The van der Waals surface area contributed by atoms with Crippen LogP contribution in [0.15, 0.2) is 36.4 Å². The molecule has 2 aromatic heterocycles. The summed E-state index contributed by atoms with van der Waals surface area (Å²) in [5.74, 6) is 0.980. The maximum Gasteiger partial charge on any atom is 0.312 e. The van der Waals surface area contributed by atoms with Crippen molar-refractivity contribution in [3.8, 4) is 5.82 Å². The lowest BCUT2D eigenvalue weighted by Crippen LogP contribution is -2.05. The highest BCUT2D eigenvalue weighted by molar-refractivity contribution is 5.78. The van der Waals surface area contributed by atoms with Crippen LogP contribution in [-0.2, 0) is 0 Å². The maximum absolute atomic E-state index is 11.2. The van der Waals surface area contributed by atoms with Gasteiger partial charge in [-0.1, -0.05) is 12.1 Å². The van der Waals surface area contributed by atoms with Crippen LogP contribution >= 0.6 is 0 Å². The summed E-state index contributed by atoms with van der Waals surface area (Å²) in [6.07, 6.45) is 0. The van der Waals surface area contributed by atoms with E-state index in [1.807, 2.05) is 38.1 Å². The molecule has 0 unspecified atom stereocenters. The van der Waals surface area contributed by atoms with Gasteiger partial charge in [-0.2, -0.15) is 0 Å². The van der Waals surface area contributed by atoms with E-state index in [2.05, 4.69) is 9.97 Å². The van der Waals surface area contributed by atoms with Crippen molar-refractivity contribution in [3.63, 3.8) is 0 Å². The molecular weight excluding hydrogens is 256 g/mol. The zero-order valence-electron chi connectivity index (χ0n) is 11.1. The molecule has 6 heteroatoms. The van der Waals surface area contributed by atoms with Crippen LogP contribution in [-0.4, -0.2) is 19.5 Å². The molecule has 0 atom stereocenters. The Kier molecular flexibility index (Phi) is 2.71. The number of nitrogens with zero attached hydrogens (tertiary/aromatic N) is 4. The SMILES string of the molecule is Cc1ccc([N+](=O)[O-])c(-n2c(C)nc3ccccc32)n1. The summed E-state index contributed by atoms with van der Waals surface area (Å²) in [5.41, 5.74) is 2.30. The number of nitro groups is 1. The third-order valence-corrected chi connectivity index (χ3v) is 3.13. The van der Waals surface area contributed by atoms with Gasteiger partial charge < -0.3 is 0 Å². The second kappa shape index (κ2) is 4.41. The molecule has 3 rings (SSSR count). The Morgan fingerprint density at radius 3 is 2.60 bits per heavy atom. The van der Waals surface area contributed by atoms with Gasteiger partial charge in [-0.3, -0.25) is 14.7 Å². The second-order valence-corrected chi connectivity index (χ2v) is 4.54. The standard InChI is InChI=1S/C14H12N4O2/c1-9-7-8-13(18(19)20)14(15-9)17-10(2)16-11-5-3-4-6-12(11)17/h3-8H,1-2H3. The predicted molar refractivity (Wildman–Crippen MR) is 75.0 cm³/mol. The molecule has 1 aromatic carbocycles. The van der Waals surface area contributed by atoms with Crippen molar-refractivity contribution in [3.05, 3.63) is 58.0 Å². The van der Waals surface area contributed by atoms with Gasteiger partial charge in [0, 0.05) is 11.8 Å². The average molecular weight is 268 g/mol. The van der Waals surface area contributed by atoms with Gasteiger partial charge in [0.2, 0.25) is 5.82 Å². The van der Waals surface area contributed by atoms with Crippen molar-refractivity contribution >= 4 is 16.7 Å². The first kappa shape index (κ1) is 12.3. The van der Waals surface area contributed by atoms with E-state index in [9.17, 15) is 10.1 Å². The molecule has 100 valence electrons. The predicted octanol–water partition coefficient (Wildman–Crippen LogP) is 2.95. The zero-order valence-corrected chi connectivity index (χ0v) is 11.1. The van der Waals surface area contributed by atoms with Crippen LogP contribution in [0.5, 0.6) is 0 Å². The number of hydrogen-bond donors (Lipinski definition) is 0. The molecule has 0 saturated heterocycles. The highest BCUT2D eigenvalue weighted by Crippen LogP contribution is 2.26. The van der Waals surface area contributed by atoms with Gasteiger partial charge in [0.05, 0.1) is 16.0 Å². The minimum absolute atomic E-state index is 0.0261. The smallest absolute Gasteiger partial charge is 0.275 e. The topological polar surface area (TPSA) is 73.8 Å². The minimum Gasteiger partial charge on any atom is -0.275 e. The third-order valence-electron chi connectivity index (χ3n) is 3.13. The molecule has 0 radical (unpaired) electrons. The minimum atomic E-state index is -0.421. The fourth-order valence-corrected chi connectivity index (χ4v) is 2.26. The van der Waals surface area contributed by atoms with E-state index in [-0.39, 0.29) is 5.69 Å². The lowest BCUT2D eigenvalue weighted by molar-refractivity contribution is -0.384. The van der Waals surface area contributed by atoms with E-state index in [1.165, 1.54) is 6.07 Å². The lowest BCUT2D eigenvalue weighted by atomic mass is 10.3. The normalized spacial score (nSPS) is 10.9. The summed E-state index contributed by atoms with van der Waals surface area (Å²) < 4.78 is 1.72. The van der Waals surface area contributed by atoms with Gasteiger partial charge in [0.25, 0.3) is 0 Å². The van der Waals surface area contributed by atoms with Gasteiger partial charge in [0.15, 0.2) is 0 Å². The van der Waals surface area contributed by atoms with Gasteiger partial charge in [-0.15, -0.1) is 0 Å². The number of benzene rings is 1. The summed E-state index contributed by atoms with van der Waals surface area (Å²) in [6, 6.07) is 10.6. The van der Waals surface area contributed by atoms with E-state index in [1.54, 1.807) is 10.6 Å². The molecule has 0 aliphatic carbocycles. The van der Waals surface area contributed by atoms with Gasteiger partial charge >= 0.3 is 5.69 Å². The Labute approximate surface area is 114 Å². The van der Waals surface area contributed by atoms with Crippen molar-refractivity contribution in [1.29, 1.82) is 0 Å². The van der Waals surface area contributed by atoms with Gasteiger partial charge in [-0.05, 0) is 32.0 Å². The number of pyridine rings is 1. The van der Waals surface area contributed by atoms with Crippen LogP contribution in [0.1, 0.15) is 11.5 Å². The van der Waals surface area contributed by atoms with Crippen LogP contribution in [0.25, 0.3) is 16.9 Å². The van der Waals surface area contributed by atoms with Crippen molar-refractivity contribution < 1.29 is 4.92 Å². The number of rotatable bonds is 2. The van der Waals surface area contributed by atoms with Crippen LogP contribution in [0.3, 0.4) is 0 Å². The molecule has 0 aliphatic heterocycles. The second-order valence-electron chi connectivity index (χ2n) is 4.54. The van der Waals surface area contributed by atoms with E-state index >= 15 is 0 Å². The number of fused-ring (bicyclic) bond motifs is 1. The van der Waals surface area contributed by atoms with Crippen LogP contribution in [0.4, 0.5) is 5.69 Å². The molecular formula is C14H12N4O2. The quantitative estimate of drug-likeness (QED) is 0.529. The molecule has 0 spiro atoms. The highest BCUT2D eigenvalue weighted by atomic mass is 16.6. The Morgan fingerprint density at radius 1 is 1.10 bits per heavy atom. The van der Waals surface area contributed by atoms with E-state index in [0.717, 1.165) is 16.7 Å². The Hall–Kier alpha value is -2.76. The maximum atomic E-state index is 11.2. The summed E-state index contributed by atoms with van der Waals surface area (Å²) in [6.45, 7) is 3.62. The molecule has 2 heterocycles. The Morgan fingerprint density at radius 2 is 1.85 bits per heavy atom. The van der Waals surface area contributed by atoms with E-state index in [4.69, 9.17) is 0 Å². The van der Waals surface area contributed by atoms with Crippen LogP contribution in [0.2, 0.25) is 0 Å². The van der Waals surface area contributed by atoms with Gasteiger partial charge in [-0.25, -0.2) is 9.97 Å². The Balaban J connectivity index is 2.39. The average Bonchev–Trinajstić information content (AvgIpc) is 2.73. The zero-order chi connectivity index (χ0) is 14.3. The molecule has 0 aliphatic rings. The van der Waals surface area contributed by atoms with Crippen molar-refractivity contribution in [2.24, 2.45) is 0 Å². The summed E-state index contributed by atoms with van der Waals surface area (Å²) in [4.78, 5) is 19.5. The lowest BCUT2D eigenvalue weighted by Gasteiger charge is -2.07. The van der Waals surface area contributed by atoms with Crippen molar-refractivity contribution in [1.82, 2.24) is 14.5 Å². The van der Waals surface area contributed by atoms with Crippen LogP contribution < -0.4 is 0 Å². The molecule has 0 saturated carbocycles. The fourth-order valence-electron chi connectivity index (χ4n) is 2.26. The Bertz CT molecular complexity index is 823. The number of aryl methyl sites for hydroxylation is 2. The van der Waals surface area contributed by atoms with E-state index in [0.29, 0.717) is 11.6 Å². The molecule has 0 amide bonds. The summed E-state index contributed by atoms with van der Waals surface area (Å²) >= 11 is 0. The molecule has 0 bridgehead atoms. The molecule has 6 nitrogen and oxygen atoms in total. The summed E-state index contributed by atoms with van der Waals surface area (Å²) in [5, 5.41) is 11.2. The first-order valence-electron chi connectivity index (χ1n) is 6.14. The fraction of sp³-hybridized carbons (Fsp3) is 0.143. The van der Waals surface area contributed by atoms with E-state index < -0.39 is 4.92 Å². The van der Waals surface area contributed by atoms with Crippen molar-refractivity contribution in [2.75, 3.05) is 0 Å². The monoisotopic (exact) mass is 268 g/mol. The first-order chi connectivity index (χ1) is 9.58. The highest BCUT2D eigenvalue weighted by Gasteiger charge is 2.20.